The van der Waals surface area contributed by atoms with E-state index in [1.807, 2.05) is 43.3 Å². The molecule has 4 nitrogen and oxygen atoms in total. The predicted octanol–water partition coefficient (Wildman–Crippen LogP) is 5.89. The van der Waals surface area contributed by atoms with E-state index in [1.54, 1.807) is 6.07 Å². The van der Waals surface area contributed by atoms with Crippen molar-refractivity contribution < 1.29 is 9.53 Å². The van der Waals surface area contributed by atoms with Crippen LogP contribution in [0.2, 0.25) is 5.02 Å². The third kappa shape index (κ3) is 5.75. The Labute approximate surface area is 176 Å². The average Bonchev–Trinajstić information content (AvgIpc) is 2.71. The number of anilines is 2. The molecular formula is C24H25ClN2O2. The van der Waals surface area contributed by atoms with Crippen molar-refractivity contribution in [3.63, 3.8) is 0 Å². The number of halogens is 1. The topological polar surface area (TPSA) is 50.4 Å². The first kappa shape index (κ1) is 20.7. The van der Waals surface area contributed by atoms with Gasteiger partial charge < -0.3 is 15.4 Å². The van der Waals surface area contributed by atoms with Gasteiger partial charge in [-0.1, -0.05) is 41.9 Å². The van der Waals surface area contributed by atoms with Gasteiger partial charge in [-0.15, -0.1) is 0 Å². The van der Waals surface area contributed by atoms with Gasteiger partial charge in [0.2, 0.25) is 0 Å². The summed E-state index contributed by atoms with van der Waals surface area (Å²) in [6.45, 7) is 6.80. The minimum atomic E-state index is -0.231. The van der Waals surface area contributed by atoms with Gasteiger partial charge in [0.15, 0.2) is 6.61 Å². The Morgan fingerprint density at radius 2 is 1.72 bits per heavy atom. The van der Waals surface area contributed by atoms with Gasteiger partial charge in [0.1, 0.15) is 5.75 Å². The highest BCUT2D eigenvalue weighted by Gasteiger charge is 2.06. The number of carbonyl (C=O) groups excluding carboxylic acids is 1. The summed E-state index contributed by atoms with van der Waals surface area (Å²) in [6, 6.07) is 19.4. The van der Waals surface area contributed by atoms with Crippen LogP contribution in [0.5, 0.6) is 5.75 Å². The lowest BCUT2D eigenvalue weighted by molar-refractivity contribution is -0.118. The summed E-state index contributed by atoms with van der Waals surface area (Å²) in [5.74, 6) is 0.420. The molecular weight excluding hydrogens is 384 g/mol. The monoisotopic (exact) mass is 408 g/mol. The third-order valence-corrected chi connectivity index (χ3v) is 5.24. The number of amides is 1. The van der Waals surface area contributed by atoms with Crippen molar-refractivity contribution in [2.75, 3.05) is 17.2 Å². The number of aryl methyl sites for hydroxylation is 2. The van der Waals surface area contributed by atoms with Gasteiger partial charge in [-0.3, -0.25) is 4.79 Å². The van der Waals surface area contributed by atoms with Crippen LogP contribution in [0.25, 0.3) is 0 Å². The molecule has 0 unspecified atom stereocenters. The molecule has 3 aromatic rings. The second kappa shape index (κ2) is 9.48. The summed E-state index contributed by atoms with van der Waals surface area (Å²) >= 11 is 6.08. The third-order valence-electron chi connectivity index (χ3n) is 4.84. The Balaban J connectivity index is 1.49. The molecule has 29 heavy (non-hydrogen) atoms. The van der Waals surface area contributed by atoms with Gasteiger partial charge in [0.05, 0.1) is 0 Å². The van der Waals surface area contributed by atoms with E-state index in [4.69, 9.17) is 16.3 Å². The van der Waals surface area contributed by atoms with E-state index in [0.29, 0.717) is 16.5 Å². The molecule has 3 rings (SSSR count). The normalized spacial score (nSPS) is 10.5. The number of benzene rings is 3. The zero-order chi connectivity index (χ0) is 20.8. The van der Waals surface area contributed by atoms with Gasteiger partial charge in [-0.25, -0.2) is 0 Å². The Hall–Kier alpha value is -2.98. The van der Waals surface area contributed by atoms with Gasteiger partial charge in [-0.2, -0.15) is 0 Å². The first-order chi connectivity index (χ1) is 13.9. The second-order valence-electron chi connectivity index (χ2n) is 7.05. The number of ether oxygens (including phenoxy) is 1. The van der Waals surface area contributed by atoms with Crippen molar-refractivity contribution in [3.05, 3.63) is 87.9 Å². The van der Waals surface area contributed by atoms with E-state index < -0.39 is 0 Å². The minimum Gasteiger partial charge on any atom is -0.484 e. The smallest absolute Gasteiger partial charge is 0.262 e. The zero-order valence-electron chi connectivity index (χ0n) is 16.9. The van der Waals surface area contributed by atoms with Crippen LogP contribution in [0.15, 0.2) is 60.7 Å². The molecule has 0 saturated carbocycles. The summed E-state index contributed by atoms with van der Waals surface area (Å²) < 4.78 is 5.58. The van der Waals surface area contributed by atoms with Crippen molar-refractivity contribution in [1.29, 1.82) is 0 Å². The van der Waals surface area contributed by atoms with Crippen molar-refractivity contribution in [1.82, 2.24) is 0 Å². The second-order valence-corrected chi connectivity index (χ2v) is 7.45. The standard InChI is InChI=1S/C24H25ClN2O2/c1-16-5-4-6-23(18(16)3)26-14-19-8-11-21(12-9-19)29-15-24(28)27-20-10-7-17(2)22(25)13-20/h4-13,26H,14-15H2,1-3H3,(H,27,28). The lowest BCUT2D eigenvalue weighted by Crippen LogP contribution is -2.20. The number of nitrogens with one attached hydrogen (secondary N) is 2. The van der Waals surface area contributed by atoms with Crippen molar-refractivity contribution in [2.45, 2.75) is 27.3 Å². The maximum atomic E-state index is 12.1. The first-order valence-corrected chi connectivity index (χ1v) is 9.88. The lowest BCUT2D eigenvalue weighted by atomic mass is 10.1. The highest BCUT2D eigenvalue weighted by atomic mass is 35.5. The van der Waals surface area contributed by atoms with Gasteiger partial charge in [0, 0.05) is 22.9 Å². The molecule has 5 heteroatoms. The van der Waals surface area contributed by atoms with Crippen molar-refractivity contribution in [3.8, 4) is 5.75 Å². The van der Waals surface area contributed by atoms with Crippen LogP contribution >= 0.6 is 11.6 Å². The Morgan fingerprint density at radius 1 is 0.966 bits per heavy atom. The van der Waals surface area contributed by atoms with E-state index >= 15 is 0 Å². The molecule has 0 radical (unpaired) electrons. The fraction of sp³-hybridized carbons (Fsp3) is 0.208. The van der Waals surface area contributed by atoms with E-state index in [1.165, 1.54) is 11.1 Å². The van der Waals surface area contributed by atoms with E-state index in [-0.39, 0.29) is 12.5 Å². The van der Waals surface area contributed by atoms with Crippen molar-refractivity contribution >= 4 is 28.9 Å². The summed E-state index contributed by atoms with van der Waals surface area (Å²) in [5, 5.41) is 6.86. The summed E-state index contributed by atoms with van der Waals surface area (Å²) in [5.41, 5.74) is 6.42. The van der Waals surface area contributed by atoms with Crippen LogP contribution < -0.4 is 15.4 Å². The van der Waals surface area contributed by atoms with E-state index in [0.717, 1.165) is 23.4 Å². The molecule has 150 valence electrons. The van der Waals surface area contributed by atoms with Gasteiger partial charge in [0.25, 0.3) is 5.91 Å². The summed E-state index contributed by atoms with van der Waals surface area (Å²) in [6.07, 6.45) is 0. The highest BCUT2D eigenvalue weighted by molar-refractivity contribution is 6.31. The average molecular weight is 409 g/mol. The number of carbonyl (C=O) groups is 1. The number of hydrogen-bond acceptors (Lipinski definition) is 3. The molecule has 0 aromatic heterocycles. The molecule has 2 N–H and O–H groups in total. The maximum absolute atomic E-state index is 12.1. The Kier molecular flexibility index (Phi) is 6.78. The Morgan fingerprint density at radius 3 is 2.45 bits per heavy atom. The van der Waals surface area contributed by atoms with Crippen LogP contribution in [0.1, 0.15) is 22.3 Å². The molecule has 0 aliphatic heterocycles. The van der Waals surface area contributed by atoms with Crippen LogP contribution in [-0.2, 0) is 11.3 Å². The highest BCUT2D eigenvalue weighted by Crippen LogP contribution is 2.21. The van der Waals surface area contributed by atoms with Crippen LogP contribution in [0.4, 0.5) is 11.4 Å². The number of hydrogen-bond donors (Lipinski definition) is 2. The fourth-order valence-electron chi connectivity index (χ4n) is 2.86. The molecule has 0 spiro atoms. The SMILES string of the molecule is Cc1ccc(NC(=O)COc2ccc(CNc3cccc(C)c3C)cc2)cc1Cl. The molecule has 0 atom stereocenters. The Bertz CT molecular complexity index is 1000. The molecule has 0 bridgehead atoms. The fourth-order valence-corrected chi connectivity index (χ4v) is 3.04. The summed E-state index contributed by atoms with van der Waals surface area (Å²) in [4.78, 5) is 12.1. The summed E-state index contributed by atoms with van der Waals surface area (Å²) in [7, 11) is 0. The molecule has 3 aromatic carbocycles. The quantitative estimate of drug-likeness (QED) is 0.512. The predicted molar refractivity (Wildman–Crippen MR) is 120 cm³/mol. The molecule has 0 aliphatic carbocycles. The largest absolute Gasteiger partial charge is 0.484 e. The molecule has 0 heterocycles. The molecule has 0 saturated heterocycles. The van der Waals surface area contributed by atoms with Crippen LogP contribution in [-0.4, -0.2) is 12.5 Å². The van der Waals surface area contributed by atoms with Gasteiger partial charge in [-0.05, 0) is 73.4 Å². The van der Waals surface area contributed by atoms with Crippen LogP contribution in [0.3, 0.4) is 0 Å². The lowest BCUT2D eigenvalue weighted by Gasteiger charge is -2.12. The first-order valence-electron chi connectivity index (χ1n) is 9.50. The number of rotatable bonds is 7. The zero-order valence-corrected chi connectivity index (χ0v) is 17.6. The van der Waals surface area contributed by atoms with Crippen LogP contribution in [0, 0.1) is 20.8 Å². The minimum absolute atomic E-state index is 0.0639. The molecule has 1 amide bonds. The van der Waals surface area contributed by atoms with Gasteiger partial charge >= 0.3 is 0 Å². The van der Waals surface area contributed by atoms with Crippen molar-refractivity contribution in [2.24, 2.45) is 0 Å². The van der Waals surface area contributed by atoms with E-state index in [2.05, 4.69) is 42.7 Å². The molecule has 0 aliphatic rings. The molecule has 0 fully saturated rings. The van der Waals surface area contributed by atoms with E-state index in [9.17, 15) is 4.79 Å². The maximum Gasteiger partial charge on any atom is 0.262 e.